The van der Waals surface area contributed by atoms with Gasteiger partial charge in [-0.05, 0) is 25.0 Å². The number of hydrogen-bond donors (Lipinski definition) is 1. The maximum Gasteiger partial charge on any atom is 0.231 e. The molecular weight excluding hydrogens is 296 g/mol. The smallest absolute Gasteiger partial charge is 0.231 e. The van der Waals surface area contributed by atoms with Crippen LogP contribution in [-0.2, 0) is 4.74 Å². The fourth-order valence-corrected chi connectivity index (χ4v) is 3.72. The normalized spacial score (nSPS) is 26.3. The molecule has 0 aliphatic carbocycles. The summed E-state index contributed by atoms with van der Waals surface area (Å²) in [4.78, 5) is 4.80. The second-order valence-electron chi connectivity index (χ2n) is 6.48. The minimum absolute atomic E-state index is 0.320. The first-order chi connectivity index (χ1) is 11.3. The Morgan fingerprint density at radius 1 is 1.04 bits per heavy atom. The Morgan fingerprint density at radius 3 is 2.74 bits per heavy atom. The predicted molar refractivity (Wildman–Crippen MR) is 86.2 cm³/mol. The molecule has 1 N–H and O–H groups in total. The highest BCUT2D eigenvalue weighted by Crippen LogP contribution is 2.36. The van der Waals surface area contributed by atoms with Crippen LogP contribution in [0.1, 0.15) is 12.8 Å². The van der Waals surface area contributed by atoms with Gasteiger partial charge in [0.05, 0.1) is 19.3 Å². The molecule has 3 aliphatic rings. The third-order valence-electron chi connectivity index (χ3n) is 4.98. The van der Waals surface area contributed by atoms with Crippen molar-refractivity contribution in [2.75, 3.05) is 51.1 Å². The minimum Gasteiger partial charge on any atom is -0.454 e. The van der Waals surface area contributed by atoms with Gasteiger partial charge in [0.2, 0.25) is 6.79 Å². The average Bonchev–Trinajstić information content (AvgIpc) is 2.95. The SMILES string of the molecule is O[C@@H]1COCCN(C2CCN(c3ccc4c(c3)OCO4)CC2)C1. The molecule has 2 fully saturated rings. The summed E-state index contributed by atoms with van der Waals surface area (Å²) in [5.74, 6) is 1.68. The zero-order chi connectivity index (χ0) is 15.6. The maximum atomic E-state index is 9.91. The molecule has 0 bridgehead atoms. The van der Waals surface area contributed by atoms with Crippen LogP contribution in [0.4, 0.5) is 5.69 Å². The van der Waals surface area contributed by atoms with E-state index >= 15 is 0 Å². The summed E-state index contributed by atoms with van der Waals surface area (Å²) in [6, 6.07) is 6.71. The number of piperidine rings is 1. The summed E-state index contributed by atoms with van der Waals surface area (Å²) in [6.45, 7) is 5.21. The van der Waals surface area contributed by atoms with Gasteiger partial charge in [0.15, 0.2) is 11.5 Å². The van der Waals surface area contributed by atoms with E-state index in [-0.39, 0.29) is 6.10 Å². The molecule has 0 radical (unpaired) electrons. The molecule has 0 amide bonds. The van der Waals surface area contributed by atoms with Crippen LogP contribution >= 0.6 is 0 Å². The third-order valence-corrected chi connectivity index (χ3v) is 4.98. The Labute approximate surface area is 136 Å². The monoisotopic (exact) mass is 320 g/mol. The second kappa shape index (κ2) is 6.55. The topological polar surface area (TPSA) is 54.4 Å². The molecule has 1 aromatic carbocycles. The maximum absolute atomic E-state index is 9.91. The molecule has 3 aliphatic heterocycles. The molecule has 2 saturated heterocycles. The molecule has 0 spiro atoms. The minimum atomic E-state index is -0.357. The molecule has 0 saturated carbocycles. The van der Waals surface area contributed by atoms with E-state index in [1.54, 1.807) is 0 Å². The molecule has 23 heavy (non-hydrogen) atoms. The van der Waals surface area contributed by atoms with Crippen LogP contribution in [0, 0.1) is 0 Å². The van der Waals surface area contributed by atoms with Crippen molar-refractivity contribution in [1.29, 1.82) is 0 Å². The number of nitrogens with zero attached hydrogens (tertiary/aromatic N) is 2. The summed E-state index contributed by atoms with van der Waals surface area (Å²) in [7, 11) is 0. The molecule has 0 aromatic heterocycles. The van der Waals surface area contributed by atoms with E-state index in [2.05, 4.69) is 21.9 Å². The van der Waals surface area contributed by atoms with Crippen molar-refractivity contribution >= 4 is 5.69 Å². The van der Waals surface area contributed by atoms with Crippen molar-refractivity contribution in [2.24, 2.45) is 0 Å². The van der Waals surface area contributed by atoms with Crippen molar-refractivity contribution in [2.45, 2.75) is 25.0 Å². The summed E-state index contributed by atoms with van der Waals surface area (Å²) in [5.41, 5.74) is 1.20. The molecule has 3 heterocycles. The van der Waals surface area contributed by atoms with Gasteiger partial charge < -0.3 is 24.2 Å². The fraction of sp³-hybridized carbons (Fsp3) is 0.647. The number of aliphatic hydroxyl groups excluding tert-OH is 1. The average molecular weight is 320 g/mol. The van der Waals surface area contributed by atoms with Gasteiger partial charge in [-0.15, -0.1) is 0 Å². The Hall–Kier alpha value is -1.50. The Morgan fingerprint density at radius 2 is 1.87 bits per heavy atom. The lowest BCUT2D eigenvalue weighted by molar-refractivity contribution is 0.0534. The van der Waals surface area contributed by atoms with Gasteiger partial charge in [0, 0.05) is 44.0 Å². The summed E-state index contributed by atoms with van der Waals surface area (Å²) in [6.07, 6.45) is 1.87. The summed E-state index contributed by atoms with van der Waals surface area (Å²) in [5, 5.41) is 9.91. The first-order valence-electron chi connectivity index (χ1n) is 8.44. The van der Waals surface area contributed by atoms with Crippen LogP contribution in [-0.4, -0.2) is 68.3 Å². The van der Waals surface area contributed by atoms with E-state index in [0.29, 0.717) is 19.4 Å². The molecule has 1 aromatic rings. The van der Waals surface area contributed by atoms with Crippen molar-refractivity contribution in [1.82, 2.24) is 4.90 Å². The number of hydrogen-bond acceptors (Lipinski definition) is 6. The highest BCUT2D eigenvalue weighted by Gasteiger charge is 2.28. The van der Waals surface area contributed by atoms with Crippen molar-refractivity contribution < 1.29 is 19.3 Å². The van der Waals surface area contributed by atoms with Gasteiger partial charge in [-0.2, -0.15) is 0 Å². The van der Waals surface area contributed by atoms with E-state index in [4.69, 9.17) is 14.2 Å². The summed E-state index contributed by atoms with van der Waals surface area (Å²) < 4.78 is 16.3. The van der Waals surface area contributed by atoms with Gasteiger partial charge in [-0.3, -0.25) is 4.90 Å². The largest absolute Gasteiger partial charge is 0.454 e. The van der Waals surface area contributed by atoms with E-state index in [1.807, 2.05) is 6.07 Å². The van der Waals surface area contributed by atoms with Gasteiger partial charge in [0.25, 0.3) is 0 Å². The number of anilines is 1. The first kappa shape index (κ1) is 15.1. The zero-order valence-corrected chi connectivity index (χ0v) is 13.3. The van der Waals surface area contributed by atoms with Gasteiger partial charge in [-0.25, -0.2) is 0 Å². The van der Waals surface area contributed by atoms with Crippen LogP contribution in [0.25, 0.3) is 0 Å². The number of rotatable bonds is 2. The van der Waals surface area contributed by atoms with E-state index in [0.717, 1.165) is 57.1 Å². The number of β-amino-alcohol motifs (C(OH)–C–C–N with tert-alkyl or cyclic N) is 1. The zero-order valence-electron chi connectivity index (χ0n) is 13.3. The Balaban J connectivity index is 1.37. The fourth-order valence-electron chi connectivity index (χ4n) is 3.72. The molecule has 6 nitrogen and oxygen atoms in total. The molecule has 4 rings (SSSR count). The molecule has 6 heteroatoms. The van der Waals surface area contributed by atoms with Crippen molar-refractivity contribution in [3.63, 3.8) is 0 Å². The lowest BCUT2D eigenvalue weighted by Gasteiger charge is -2.39. The van der Waals surface area contributed by atoms with Gasteiger partial charge in [0.1, 0.15) is 0 Å². The van der Waals surface area contributed by atoms with Crippen LogP contribution in [0.5, 0.6) is 11.5 Å². The lowest BCUT2D eigenvalue weighted by atomic mass is 10.0. The van der Waals surface area contributed by atoms with Crippen LogP contribution in [0.3, 0.4) is 0 Å². The van der Waals surface area contributed by atoms with E-state index in [1.165, 1.54) is 5.69 Å². The van der Waals surface area contributed by atoms with Gasteiger partial charge in [-0.1, -0.05) is 0 Å². The number of aliphatic hydroxyl groups is 1. The van der Waals surface area contributed by atoms with Crippen LogP contribution in [0.15, 0.2) is 18.2 Å². The quantitative estimate of drug-likeness (QED) is 0.880. The number of benzene rings is 1. The highest BCUT2D eigenvalue weighted by molar-refractivity contribution is 5.57. The molecule has 0 unspecified atom stereocenters. The molecule has 1 atom stereocenters. The Kier molecular flexibility index (Phi) is 4.29. The van der Waals surface area contributed by atoms with Crippen LogP contribution in [0.2, 0.25) is 0 Å². The summed E-state index contributed by atoms with van der Waals surface area (Å²) >= 11 is 0. The highest BCUT2D eigenvalue weighted by atomic mass is 16.7. The number of fused-ring (bicyclic) bond motifs is 1. The standard InChI is InChI=1S/C17H24N2O4/c20-15-10-19(7-8-21-11-15)13-3-5-18(6-4-13)14-1-2-16-17(9-14)23-12-22-16/h1-2,9,13,15,20H,3-8,10-12H2/t15-/m0/s1. The van der Waals surface area contributed by atoms with E-state index in [9.17, 15) is 5.11 Å². The molecular formula is C17H24N2O4. The number of ether oxygens (including phenoxy) is 3. The van der Waals surface area contributed by atoms with E-state index < -0.39 is 0 Å². The predicted octanol–water partition coefficient (Wildman–Crippen LogP) is 1.08. The van der Waals surface area contributed by atoms with Crippen LogP contribution < -0.4 is 14.4 Å². The molecule has 126 valence electrons. The Bertz CT molecular complexity index is 545. The second-order valence-corrected chi connectivity index (χ2v) is 6.48. The lowest BCUT2D eigenvalue weighted by Crippen LogP contribution is -2.47. The third kappa shape index (κ3) is 3.24. The first-order valence-corrected chi connectivity index (χ1v) is 8.44. The van der Waals surface area contributed by atoms with Crippen molar-refractivity contribution in [3.8, 4) is 11.5 Å². The van der Waals surface area contributed by atoms with Crippen molar-refractivity contribution in [3.05, 3.63) is 18.2 Å². The van der Waals surface area contributed by atoms with Gasteiger partial charge >= 0.3 is 0 Å².